The van der Waals surface area contributed by atoms with Gasteiger partial charge in [-0.1, -0.05) is 6.07 Å². The SMILES string of the molecule is CCOc1cc(C(=O)N2CCCC(C3OCCO3)C2)ccc1OCc1cccnc1. The van der Waals surface area contributed by atoms with E-state index in [1.807, 2.05) is 24.0 Å². The zero-order chi connectivity index (χ0) is 20.8. The predicted octanol–water partition coefficient (Wildman–Crippen LogP) is 3.28. The van der Waals surface area contributed by atoms with Gasteiger partial charge in [-0.05, 0) is 44.0 Å². The van der Waals surface area contributed by atoms with E-state index in [2.05, 4.69) is 4.98 Å². The van der Waals surface area contributed by atoms with Gasteiger partial charge in [0.25, 0.3) is 5.91 Å². The van der Waals surface area contributed by atoms with Gasteiger partial charge in [-0.15, -0.1) is 0 Å². The third-order valence-corrected chi connectivity index (χ3v) is 5.39. The van der Waals surface area contributed by atoms with Crippen LogP contribution in [0.4, 0.5) is 0 Å². The van der Waals surface area contributed by atoms with Gasteiger partial charge in [0, 0.05) is 42.5 Å². The summed E-state index contributed by atoms with van der Waals surface area (Å²) in [6.07, 6.45) is 5.26. The Bertz CT molecular complexity index is 839. The number of aromatic nitrogens is 1. The van der Waals surface area contributed by atoms with Crippen molar-refractivity contribution in [1.29, 1.82) is 0 Å². The highest BCUT2D eigenvalue weighted by molar-refractivity contribution is 5.95. The first-order valence-corrected chi connectivity index (χ1v) is 10.6. The van der Waals surface area contributed by atoms with Crippen LogP contribution in [-0.4, -0.2) is 55.0 Å². The summed E-state index contributed by atoms with van der Waals surface area (Å²) >= 11 is 0. The van der Waals surface area contributed by atoms with E-state index >= 15 is 0 Å². The number of likely N-dealkylation sites (tertiary alicyclic amines) is 1. The van der Waals surface area contributed by atoms with Crippen LogP contribution in [0.3, 0.4) is 0 Å². The second kappa shape index (κ2) is 9.91. The number of rotatable bonds is 7. The molecule has 30 heavy (non-hydrogen) atoms. The van der Waals surface area contributed by atoms with Crippen LogP contribution in [0, 0.1) is 5.92 Å². The van der Waals surface area contributed by atoms with E-state index in [0.717, 1.165) is 24.9 Å². The molecule has 2 aliphatic rings. The Morgan fingerprint density at radius 3 is 2.83 bits per heavy atom. The van der Waals surface area contributed by atoms with Crippen LogP contribution in [0.1, 0.15) is 35.7 Å². The molecule has 4 rings (SSSR count). The van der Waals surface area contributed by atoms with Gasteiger partial charge in [0.15, 0.2) is 17.8 Å². The van der Waals surface area contributed by atoms with Gasteiger partial charge in [-0.2, -0.15) is 0 Å². The van der Waals surface area contributed by atoms with Crippen LogP contribution in [0.25, 0.3) is 0 Å². The number of amides is 1. The lowest BCUT2D eigenvalue weighted by atomic mass is 9.96. The molecule has 0 bridgehead atoms. The molecule has 0 saturated carbocycles. The van der Waals surface area contributed by atoms with E-state index in [9.17, 15) is 4.79 Å². The van der Waals surface area contributed by atoms with Crippen LogP contribution in [0.15, 0.2) is 42.7 Å². The van der Waals surface area contributed by atoms with Gasteiger partial charge in [0.1, 0.15) is 6.61 Å². The summed E-state index contributed by atoms with van der Waals surface area (Å²) in [6.45, 7) is 5.44. The van der Waals surface area contributed by atoms with Gasteiger partial charge < -0.3 is 23.8 Å². The highest BCUT2D eigenvalue weighted by Gasteiger charge is 2.33. The summed E-state index contributed by atoms with van der Waals surface area (Å²) in [5.41, 5.74) is 1.57. The molecular weight excluding hydrogens is 384 g/mol. The molecule has 7 heteroatoms. The van der Waals surface area contributed by atoms with Crippen molar-refractivity contribution in [1.82, 2.24) is 9.88 Å². The van der Waals surface area contributed by atoms with Crippen molar-refractivity contribution in [2.24, 2.45) is 5.92 Å². The first-order chi connectivity index (χ1) is 14.7. The fourth-order valence-electron chi connectivity index (χ4n) is 3.92. The number of piperidine rings is 1. The van der Waals surface area contributed by atoms with Crippen molar-refractivity contribution in [3.8, 4) is 11.5 Å². The van der Waals surface area contributed by atoms with Crippen molar-refractivity contribution in [2.75, 3.05) is 32.9 Å². The molecule has 0 radical (unpaired) electrons. The molecule has 1 aromatic carbocycles. The largest absolute Gasteiger partial charge is 0.490 e. The van der Waals surface area contributed by atoms with Crippen LogP contribution >= 0.6 is 0 Å². The van der Waals surface area contributed by atoms with Gasteiger partial charge in [0.2, 0.25) is 0 Å². The first-order valence-electron chi connectivity index (χ1n) is 10.6. The highest BCUT2D eigenvalue weighted by Crippen LogP contribution is 2.31. The van der Waals surface area contributed by atoms with Crippen molar-refractivity contribution in [2.45, 2.75) is 32.7 Å². The topological polar surface area (TPSA) is 70.1 Å². The molecule has 2 fully saturated rings. The standard InChI is InChI=1S/C23H28N2O5/c1-2-27-21-13-18(7-8-20(21)30-16-17-5-3-9-24-14-17)22(26)25-10-4-6-19(15-25)23-28-11-12-29-23/h3,5,7-9,13-14,19,23H,2,4,6,10-12,15-16H2,1H3. The van der Waals surface area contributed by atoms with E-state index in [1.54, 1.807) is 30.6 Å². The molecule has 0 N–H and O–H groups in total. The summed E-state index contributed by atoms with van der Waals surface area (Å²) in [5, 5.41) is 0. The summed E-state index contributed by atoms with van der Waals surface area (Å²) in [5.74, 6) is 1.40. The fraction of sp³-hybridized carbons (Fsp3) is 0.478. The number of pyridine rings is 1. The molecule has 3 heterocycles. The number of carbonyl (C=O) groups excluding carboxylic acids is 1. The Balaban J connectivity index is 1.45. The quantitative estimate of drug-likeness (QED) is 0.695. The van der Waals surface area contributed by atoms with E-state index < -0.39 is 0 Å². The minimum atomic E-state index is -0.192. The molecule has 0 aliphatic carbocycles. The van der Waals surface area contributed by atoms with Crippen molar-refractivity contribution < 1.29 is 23.7 Å². The maximum absolute atomic E-state index is 13.1. The van der Waals surface area contributed by atoms with Gasteiger partial charge >= 0.3 is 0 Å². The highest BCUT2D eigenvalue weighted by atomic mass is 16.7. The second-order valence-electron chi connectivity index (χ2n) is 7.51. The first kappa shape index (κ1) is 20.6. The fourth-order valence-corrected chi connectivity index (χ4v) is 3.92. The van der Waals surface area contributed by atoms with E-state index in [1.165, 1.54) is 0 Å². The van der Waals surface area contributed by atoms with Crippen molar-refractivity contribution in [3.63, 3.8) is 0 Å². The van der Waals surface area contributed by atoms with Crippen molar-refractivity contribution >= 4 is 5.91 Å². The zero-order valence-corrected chi connectivity index (χ0v) is 17.3. The van der Waals surface area contributed by atoms with E-state index in [4.69, 9.17) is 18.9 Å². The lowest BCUT2D eigenvalue weighted by Crippen LogP contribution is -2.43. The van der Waals surface area contributed by atoms with Crippen molar-refractivity contribution in [3.05, 3.63) is 53.9 Å². The molecule has 2 saturated heterocycles. The normalized spacial score (nSPS) is 19.6. The maximum Gasteiger partial charge on any atom is 0.254 e. The second-order valence-corrected chi connectivity index (χ2v) is 7.51. The molecule has 7 nitrogen and oxygen atoms in total. The number of hydrogen-bond donors (Lipinski definition) is 0. The molecule has 1 aromatic heterocycles. The molecule has 160 valence electrons. The van der Waals surface area contributed by atoms with Crippen LogP contribution in [0.2, 0.25) is 0 Å². The maximum atomic E-state index is 13.1. The Labute approximate surface area is 176 Å². The minimum absolute atomic E-state index is 0.00235. The van der Waals surface area contributed by atoms with Crippen LogP contribution in [-0.2, 0) is 16.1 Å². The molecule has 1 atom stereocenters. The Kier molecular flexibility index (Phi) is 6.81. The molecule has 2 aromatic rings. The molecule has 1 amide bonds. The number of benzene rings is 1. The lowest BCUT2D eigenvalue weighted by Gasteiger charge is -2.34. The number of carbonyl (C=O) groups is 1. The summed E-state index contributed by atoms with van der Waals surface area (Å²) in [7, 11) is 0. The smallest absolute Gasteiger partial charge is 0.254 e. The zero-order valence-electron chi connectivity index (χ0n) is 17.3. The lowest BCUT2D eigenvalue weighted by molar-refractivity contribution is -0.0969. The summed E-state index contributed by atoms with van der Waals surface area (Å²) in [4.78, 5) is 19.1. The van der Waals surface area contributed by atoms with Crippen LogP contribution in [0.5, 0.6) is 11.5 Å². The minimum Gasteiger partial charge on any atom is -0.490 e. The average molecular weight is 412 g/mol. The number of nitrogens with zero attached hydrogens (tertiary/aromatic N) is 2. The predicted molar refractivity (Wildman–Crippen MR) is 110 cm³/mol. The molecule has 2 aliphatic heterocycles. The number of ether oxygens (including phenoxy) is 4. The van der Waals surface area contributed by atoms with E-state index in [-0.39, 0.29) is 18.1 Å². The Hall–Kier alpha value is -2.64. The summed E-state index contributed by atoms with van der Waals surface area (Å²) in [6, 6.07) is 9.21. The molecule has 0 spiro atoms. The van der Waals surface area contributed by atoms with Gasteiger partial charge in [-0.25, -0.2) is 0 Å². The Morgan fingerprint density at radius 1 is 1.20 bits per heavy atom. The van der Waals surface area contributed by atoms with Crippen LogP contribution < -0.4 is 9.47 Å². The third kappa shape index (κ3) is 4.91. The third-order valence-electron chi connectivity index (χ3n) is 5.39. The monoisotopic (exact) mass is 412 g/mol. The van der Waals surface area contributed by atoms with Gasteiger partial charge in [-0.3, -0.25) is 9.78 Å². The van der Waals surface area contributed by atoms with E-state index in [0.29, 0.717) is 50.0 Å². The van der Waals surface area contributed by atoms with Gasteiger partial charge in [0.05, 0.1) is 19.8 Å². The molecule has 1 unspecified atom stereocenters. The Morgan fingerprint density at radius 2 is 2.07 bits per heavy atom. The number of hydrogen-bond acceptors (Lipinski definition) is 6. The molecular formula is C23H28N2O5. The summed E-state index contributed by atoms with van der Waals surface area (Å²) < 4.78 is 23.0. The average Bonchev–Trinajstić information content (AvgIpc) is 3.34.